The van der Waals surface area contributed by atoms with Crippen LogP contribution in [0.15, 0.2) is 107 Å². The van der Waals surface area contributed by atoms with Crippen molar-refractivity contribution in [3.05, 3.63) is 141 Å². The SMILES string of the molecule is C.C.Cc1ccn2cc(CO)n(-c3ccccc3)c(=O)c12.Cc1ccn2cc(CO[Si](C)(C)C(C)(C)C)n(-c3ccccc3)c(=O)c12. The van der Waals surface area contributed by atoms with Crippen molar-refractivity contribution in [1.29, 1.82) is 0 Å². The van der Waals surface area contributed by atoms with Crippen molar-refractivity contribution in [2.45, 2.75) is 80.8 Å². The summed E-state index contributed by atoms with van der Waals surface area (Å²) in [5, 5.41) is 9.62. The number of aromatic nitrogens is 4. The maximum Gasteiger partial charge on any atom is 0.279 e. The average molecular weight is 655 g/mol. The summed E-state index contributed by atoms with van der Waals surface area (Å²) in [6.45, 7) is 15.3. The molecule has 9 heteroatoms. The Kier molecular flexibility index (Phi) is 11.5. The summed E-state index contributed by atoms with van der Waals surface area (Å²) in [6, 6.07) is 23.0. The number of nitrogens with zero attached hydrogens (tertiary/aromatic N) is 4. The van der Waals surface area contributed by atoms with Crippen molar-refractivity contribution < 1.29 is 9.53 Å². The highest BCUT2D eigenvalue weighted by Gasteiger charge is 2.37. The average Bonchev–Trinajstić information content (AvgIpc) is 3.58. The molecule has 0 unspecified atom stereocenters. The Hall–Kier alpha value is -4.44. The zero-order valence-corrected chi connectivity index (χ0v) is 28.1. The van der Waals surface area contributed by atoms with Gasteiger partial charge in [0.15, 0.2) is 8.32 Å². The monoisotopic (exact) mass is 654 g/mol. The molecule has 0 atom stereocenters. The number of aryl methyl sites for hydroxylation is 2. The molecule has 0 spiro atoms. The lowest BCUT2D eigenvalue weighted by atomic mass is 10.2. The van der Waals surface area contributed by atoms with E-state index in [-0.39, 0.29) is 37.6 Å². The molecule has 0 radical (unpaired) electrons. The molecule has 0 aliphatic heterocycles. The Labute approximate surface area is 279 Å². The minimum absolute atomic E-state index is 0. The Morgan fingerprint density at radius 3 is 1.49 bits per heavy atom. The lowest BCUT2D eigenvalue weighted by Gasteiger charge is -2.36. The third kappa shape index (κ3) is 7.27. The minimum Gasteiger partial charge on any atom is -0.411 e. The van der Waals surface area contributed by atoms with E-state index in [1.165, 1.54) is 0 Å². The van der Waals surface area contributed by atoms with Crippen LogP contribution in [0.4, 0.5) is 0 Å². The number of aliphatic hydroxyl groups excluding tert-OH is 1. The van der Waals surface area contributed by atoms with Gasteiger partial charge in [-0.15, -0.1) is 0 Å². The van der Waals surface area contributed by atoms with Crippen LogP contribution in [0.5, 0.6) is 0 Å². The fraction of sp³-hybridized carbons (Fsp3) is 0.316. The van der Waals surface area contributed by atoms with E-state index >= 15 is 0 Å². The van der Waals surface area contributed by atoms with Crippen LogP contribution < -0.4 is 11.1 Å². The lowest BCUT2D eigenvalue weighted by Crippen LogP contribution is -2.41. The third-order valence-electron chi connectivity index (χ3n) is 8.77. The summed E-state index contributed by atoms with van der Waals surface area (Å²) in [4.78, 5) is 25.9. The molecule has 4 heterocycles. The Morgan fingerprint density at radius 1 is 0.681 bits per heavy atom. The van der Waals surface area contributed by atoms with E-state index in [0.29, 0.717) is 23.3 Å². The normalized spacial score (nSPS) is 11.5. The van der Waals surface area contributed by atoms with Gasteiger partial charge in [-0.3, -0.25) is 18.7 Å². The van der Waals surface area contributed by atoms with Crippen molar-refractivity contribution in [2.24, 2.45) is 0 Å². The first-order valence-electron chi connectivity index (χ1n) is 15.1. The minimum atomic E-state index is -1.92. The van der Waals surface area contributed by atoms with Crippen LogP contribution in [0.3, 0.4) is 0 Å². The van der Waals surface area contributed by atoms with Crippen LogP contribution in [-0.4, -0.2) is 31.4 Å². The van der Waals surface area contributed by atoms with E-state index in [1.54, 1.807) is 19.7 Å². The highest BCUT2D eigenvalue weighted by atomic mass is 28.4. The van der Waals surface area contributed by atoms with Crippen molar-refractivity contribution in [1.82, 2.24) is 17.9 Å². The highest BCUT2D eigenvalue weighted by Crippen LogP contribution is 2.37. The molecule has 0 aliphatic carbocycles. The fourth-order valence-electron chi connectivity index (χ4n) is 5.19. The molecule has 0 fully saturated rings. The van der Waals surface area contributed by atoms with Crippen LogP contribution >= 0.6 is 0 Å². The molecule has 4 aromatic heterocycles. The summed E-state index contributed by atoms with van der Waals surface area (Å²) in [5.74, 6) is 0. The first kappa shape index (κ1) is 37.0. The van der Waals surface area contributed by atoms with Gasteiger partial charge >= 0.3 is 0 Å². The number of hydrogen-bond acceptors (Lipinski definition) is 4. The highest BCUT2D eigenvalue weighted by molar-refractivity contribution is 6.74. The Morgan fingerprint density at radius 2 is 1.09 bits per heavy atom. The van der Waals surface area contributed by atoms with E-state index in [4.69, 9.17) is 4.43 Å². The summed E-state index contributed by atoms with van der Waals surface area (Å²) >= 11 is 0. The molecule has 0 saturated heterocycles. The molecule has 0 amide bonds. The van der Waals surface area contributed by atoms with Gasteiger partial charge in [0.25, 0.3) is 11.1 Å². The van der Waals surface area contributed by atoms with Gasteiger partial charge in [-0.25, -0.2) is 0 Å². The van der Waals surface area contributed by atoms with Crippen molar-refractivity contribution in [3.8, 4) is 11.4 Å². The zero-order chi connectivity index (χ0) is 32.5. The first-order chi connectivity index (χ1) is 21.3. The molecule has 250 valence electrons. The largest absolute Gasteiger partial charge is 0.411 e. The number of para-hydroxylation sites is 2. The second-order valence-corrected chi connectivity index (χ2v) is 17.7. The molecule has 6 aromatic rings. The lowest BCUT2D eigenvalue weighted by molar-refractivity contribution is 0.268. The molecule has 0 bridgehead atoms. The van der Waals surface area contributed by atoms with Gasteiger partial charge in [-0.05, 0) is 79.5 Å². The van der Waals surface area contributed by atoms with Gasteiger partial charge in [0.2, 0.25) is 0 Å². The summed E-state index contributed by atoms with van der Waals surface area (Å²) < 4.78 is 13.4. The van der Waals surface area contributed by atoms with Crippen molar-refractivity contribution in [3.63, 3.8) is 0 Å². The molecule has 2 aromatic carbocycles. The number of hydrogen-bond donors (Lipinski definition) is 1. The number of benzene rings is 2. The van der Waals surface area contributed by atoms with Gasteiger partial charge in [-0.1, -0.05) is 72.0 Å². The second-order valence-electron chi connectivity index (χ2n) is 12.9. The number of fused-ring (bicyclic) bond motifs is 2. The molecular weight excluding hydrogens is 605 g/mol. The smallest absolute Gasteiger partial charge is 0.279 e. The van der Waals surface area contributed by atoms with Gasteiger partial charge in [0.05, 0.1) is 24.6 Å². The van der Waals surface area contributed by atoms with Crippen molar-refractivity contribution in [2.75, 3.05) is 0 Å². The van der Waals surface area contributed by atoms with Gasteiger partial charge in [0, 0.05) is 36.2 Å². The molecule has 0 saturated carbocycles. The fourth-order valence-corrected chi connectivity index (χ4v) is 6.13. The third-order valence-corrected chi connectivity index (χ3v) is 13.3. The van der Waals surface area contributed by atoms with Crippen LogP contribution in [0.1, 0.15) is 58.1 Å². The predicted molar refractivity (Wildman–Crippen MR) is 197 cm³/mol. The summed E-state index contributed by atoms with van der Waals surface area (Å²) in [6.07, 6.45) is 7.58. The quantitative estimate of drug-likeness (QED) is 0.184. The molecule has 0 aliphatic rings. The van der Waals surface area contributed by atoms with Crippen molar-refractivity contribution >= 4 is 19.4 Å². The van der Waals surface area contributed by atoms with Gasteiger partial charge in [0.1, 0.15) is 11.0 Å². The van der Waals surface area contributed by atoms with Crippen LogP contribution in [0.25, 0.3) is 22.4 Å². The van der Waals surface area contributed by atoms with Crippen LogP contribution in [-0.2, 0) is 17.6 Å². The molecule has 6 rings (SSSR count). The summed E-state index contributed by atoms with van der Waals surface area (Å²) in [7, 11) is -1.92. The second kappa shape index (κ2) is 14.5. The molecule has 8 nitrogen and oxygen atoms in total. The molecule has 47 heavy (non-hydrogen) atoms. The van der Waals surface area contributed by atoms with Gasteiger partial charge in [-0.2, -0.15) is 0 Å². The first-order valence-corrected chi connectivity index (χ1v) is 18.0. The standard InChI is InChI=1S/C21H28N2O2Si.C15H14N2O2.2CH4/c1-16-12-13-22-14-18(15-25-26(5,6)21(2,3)4)23(20(24)19(16)22)17-10-8-7-9-11-17;1-11-7-8-16-9-13(10-18)17(15(19)14(11)16)12-5-3-2-4-6-12;;/h7-14H,15H2,1-6H3;2-9,18H,10H2,1H3;2*1H4. The molecule has 1 N–H and O–H groups in total. The summed E-state index contributed by atoms with van der Waals surface area (Å²) in [5.41, 5.74) is 6.22. The van der Waals surface area contributed by atoms with E-state index in [2.05, 4.69) is 33.9 Å². The predicted octanol–water partition coefficient (Wildman–Crippen LogP) is 8.08. The van der Waals surface area contributed by atoms with E-state index in [0.717, 1.165) is 28.2 Å². The van der Waals surface area contributed by atoms with Crippen LogP contribution in [0.2, 0.25) is 18.1 Å². The van der Waals surface area contributed by atoms with Gasteiger partial charge < -0.3 is 18.3 Å². The van der Waals surface area contributed by atoms with E-state index in [1.807, 2.05) is 110 Å². The number of rotatable bonds is 6. The number of aliphatic hydroxyl groups is 1. The van der Waals surface area contributed by atoms with E-state index < -0.39 is 8.32 Å². The maximum atomic E-state index is 13.3. The topological polar surface area (TPSA) is 82.3 Å². The maximum absolute atomic E-state index is 13.3. The molecular formula is C38H50N4O4Si. The zero-order valence-electron chi connectivity index (χ0n) is 27.1. The van der Waals surface area contributed by atoms with Crippen LogP contribution in [0, 0.1) is 13.8 Å². The Balaban J connectivity index is 0.000000255. The Bertz CT molecular complexity index is 2060. The van der Waals surface area contributed by atoms with E-state index in [9.17, 15) is 14.7 Å².